The van der Waals surface area contributed by atoms with Gasteiger partial charge in [-0.1, -0.05) is 0 Å². The van der Waals surface area contributed by atoms with Gasteiger partial charge in [-0.25, -0.2) is 4.79 Å². The average Bonchev–Trinajstić information content (AvgIpc) is 2.97. The van der Waals surface area contributed by atoms with Crippen molar-refractivity contribution in [3.8, 4) is 0 Å². The number of carbonyl (C=O) groups is 3. The van der Waals surface area contributed by atoms with E-state index < -0.39 is 0 Å². The molecule has 0 unspecified atom stereocenters. The molecule has 0 aromatic heterocycles. The molecular formula is C13H19N3O4S. The van der Waals surface area contributed by atoms with Crippen LogP contribution in [-0.2, 0) is 14.3 Å². The van der Waals surface area contributed by atoms with Gasteiger partial charge in [0.15, 0.2) is 0 Å². The SMILES string of the molecule is C[C@@H]1CN(C(=O)CN2C(=O)[C@H]3CSCN3C2=O)C[C@@H](C)O1. The maximum Gasteiger partial charge on any atom is 0.328 e. The van der Waals surface area contributed by atoms with Crippen LogP contribution in [0.1, 0.15) is 13.8 Å². The molecule has 0 aromatic carbocycles. The summed E-state index contributed by atoms with van der Waals surface area (Å²) in [7, 11) is 0. The van der Waals surface area contributed by atoms with Crippen molar-refractivity contribution in [1.29, 1.82) is 0 Å². The van der Waals surface area contributed by atoms with Crippen LogP contribution in [-0.4, -0.2) is 82.1 Å². The van der Waals surface area contributed by atoms with Crippen molar-refractivity contribution in [3.63, 3.8) is 0 Å². The number of fused-ring (bicyclic) bond motifs is 1. The van der Waals surface area contributed by atoms with Crippen molar-refractivity contribution in [1.82, 2.24) is 14.7 Å². The van der Waals surface area contributed by atoms with Gasteiger partial charge in [-0.3, -0.25) is 14.5 Å². The highest BCUT2D eigenvalue weighted by Crippen LogP contribution is 2.29. The molecule has 3 rings (SSSR count). The van der Waals surface area contributed by atoms with Crippen LogP contribution >= 0.6 is 11.8 Å². The molecule has 3 fully saturated rings. The van der Waals surface area contributed by atoms with E-state index in [2.05, 4.69) is 0 Å². The number of nitrogens with zero attached hydrogens (tertiary/aromatic N) is 3. The summed E-state index contributed by atoms with van der Waals surface area (Å²) in [6.07, 6.45) is -0.0515. The fraction of sp³-hybridized carbons (Fsp3) is 0.769. The number of hydrogen-bond acceptors (Lipinski definition) is 5. The Morgan fingerprint density at radius 2 is 1.95 bits per heavy atom. The molecule has 0 N–H and O–H groups in total. The summed E-state index contributed by atoms with van der Waals surface area (Å²) in [5.74, 6) is 0.729. The van der Waals surface area contributed by atoms with Gasteiger partial charge in [0, 0.05) is 18.8 Å². The highest BCUT2D eigenvalue weighted by Gasteiger charge is 2.48. The zero-order valence-electron chi connectivity index (χ0n) is 12.2. The number of imide groups is 1. The summed E-state index contributed by atoms with van der Waals surface area (Å²) >= 11 is 1.57. The third kappa shape index (κ3) is 2.62. The summed E-state index contributed by atoms with van der Waals surface area (Å²) in [6, 6.07) is -0.712. The minimum atomic E-state index is -0.377. The summed E-state index contributed by atoms with van der Waals surface area (Å²) in [5.41, 5.74) is 0. The second-order valence-corrected chi connectivity index (χ2v) is 6.75. The van der Waals surface area contributed by atoms with Crippen LogP contribution in [0, 0.1) is 0 Å². The molecule has 8 heteroatoms. The van der Waals surface area contributed by atoms with Gasteiger partial charge in [0.2, 0.25) is 5.91 Å². The van der Waals surface area contributed by atoms with E-state index in [0.717, 1.165) is 4.90 Å². The summed E-state index contributed by atoms with van der Waals surface area (Å²) in [5, 5.41) is 0. The van der Waals surface area contributed by atoms with Crippen molar-refractivity contribution in [2.45, 2.75) is 32.1 Å². The van der Waals surface area contributed by atoms with Crippen LogP contribution < -0.4 is 0 Å². The van der Waals surface area contributed by atoms with Crippen molar-refractivity contribution in [2.24, 2.45) is 0 Å². The standard InChI is InChI=1S/C13H19N3O4S/c1-8-3-14(4-9(2)20-8)11(17)5-15-12(18)10-6-21-7-16(10)13(15)19/h8-10H,3-7H2,1-2H3/t8-,9-,10-/m1/s1. The number of amides is 4. The predicted octanol–water partition coefficient (Wildman–Crippen LogP) is -0.0407. The van der Waals surface area contributed by atoms with E-state index in [1.54, 1.807) is 21.6 Å². The molecule has 21 heavy (non-hydrogen) atoms. The van der Waals surface area contributed by atoms with Gasteiger partial charge in [-0.2, -0.15) is 0 Å². The fourth-order valence-corrected chi connectivity index (χ4v) is 4.17. The third-order valence-electron chi connectivity index (χ3n) is 3.98. The van der Waals surface area contributed by atoms with E-state index in [1.165, 1.54) is 0 Å². The Bertz CT molecular complexity index is 454. The second-order valence-electron chi connectivity index (χ2n) is 5.75. The number of morpholine rings is 1. The first kappa shape index (κ1) is 14.6. The number of hydrogen-bond donors (Lipinski definition) is 0. The summed E-state index contributed by atoms with van der Waals surface area (Å²) in [6.45, 7) is 4.67. The van der Waals surface area contributed by atoms with Gasteiger partial charge >= 0.3 is 6.03 Å². The Morgan fingerprint density at radius 3 is 2.57 bits per heavy atom. The Kier molecular flexibility index (Phi) is 3.83. The highest BCUT2D eigenvalue weighted by atomic mass is 32.2. The van der Waals surface area contributed by atoms with E-state index >= 15 is 0 Å². The maximum absolute atomic E-state index is 12.4. The largest absolute Gasteiger partial charge is 0.372 e. The lowest BCUT2D eigenvalue weighted by atomic mass is 10.2. The Labute approximate surface area is 127 Å². The highest BCUT2D eigenvalue weighted by molar-refractivity contribution is 7.99. The number of thioether (sulfide) groups is 1. The topological polar surface area (TPSA) is 70.2 Å². The van der Waals surface area contributed by atoms with Gasteiger partial charge < -0.3 is 14.5 Å². The molecule has 0 aromatic rings. The van der Waals surface area contributed by atoms with Gasteiger partial charge in [-0.15, -0.1) is 11.8 Å². The molecule has 0 radical (unpaired) electrons. The number of urea groups is 1. The first-order valence-electron chi connectivity index (χ1n) is 7.10. The molecule has 7 nitrogen and oxygen atoms in total. The lowest BCUT2D eigenvalue weighted by molar-refractivity contribution is -0.146. The van der Waals surface area contributed by atoms with Gasteiger partial charge in [-0.05, 0) is 13.8 Å². The quantitative estimate of drug-likeness (QED) is 0.669. The summed E-state index contributed by atoms with van der Waals surface area (Å²) < 4.78 is 5.59. The molecule has 0 aliphatic carbocycles. The maximum atomic E-state index is 12.4. The lowest BCUT2D eigenvalue weighted by Crippen LogP contribution is -2.52. The molecule has 3 saturated heterocycles. The molecule has 3 aliphatic rings. The third-order valence-corrected chi connectivity index (χ3v) is 4.99. The van der Waals surface area contributed by atoms with Crippen molar-refractivity contribution in [2.75, 3.05) is 31.3 Å². The van der Waals surface area contributed by atoms with E-state index in [1.807, 2.05) is 13.8 Å². The van der Waals surface area contributed by atoms with Crippen LogP contribution in [0.3, 0.4) is 0 Å². The van der Waals surface area contributed by atoms with Crippen molar-refractivity contribution in [3.05, 3.63) is 0 Å². The molecular weight excluding hydrogens is 294 g/mol. The molecule has 4 amide bonds. The zero-order chi connectivity index (χ0) is 15.1. The predicted molar refractivity (Wildman–Crippen MR) is 76.7 cm³/mol. The molecule has 3 aliphatic heterocycles. The molecule has 116 valence electrons. The van der Waals surface area contributed by atoms with E-state index in [9.17, 15) is 14.4 Å². The zero-order valence-corrected chi connectivity index (χ0v) is 13.0. The minimum Gasteiger partial charge on any atom is -0.372 e. The summed E-state index contributed by atoms with van der Waals surface area (Å²) in [4.78, 5) is 41.0. The van der Waals surface area contributed by atoms with E-state index in [4.69, 9.17) is 4.74 Å². The molecule has 3 atom stereocenters. The molecule has 0 saturated carbocycles. The Morgan fingerprint density at radius 1 is 1.29 bits per heavy atom. The van der Waals surface area contributed by atoms with E-state index in [-0.39, 0.29) is 42.6 Å². The average molecular weight is 313 g/mol. The van der Waals surface area contributed by atoms with E-state index in [0.29, 0.717) is 24.7 Å². The smallest absolute Gasteiger partial charge is 0.328 e. The Balaban J connectivity index is 1.65. The van der Waals surface area contributed by atoms with Crippen molar-refractivity contribution >= 4 is 29.6 Å². The van der Waals surface area contributed by atoms with Crippen LogP contribution in [0.5, 0.6) is 0 Å². The molecule has 0 bridgehead atoms. The fourth-order valence-electron chi connectivity index (χ4n) is 3.03. The first-order valence-corrected chi connectivity index (χ1v) is 8.26. The second kappa shape index (κ2) is 5.49. The Hall–Kier alpha value is -1.28. The van der Waals surface area contributed by atoms with Crippen LogP contribution in [0.2, 0.25) is 0 Å². The normalized spacial score (nSPS) is 32.9. The van der Waals surface area contributed by atoms with Gasteiger partial charge in [0.05, 0.1) is 18.1 Å². The van der Waals surface area contributed by atoms with Crippen LogP contribution in [0.15, 0.2) is 0 Å². The monoisotopic (exact) mass is 313 g/mol. The number of carbonyl (C=O) groups excluding carboxylic acids is 3. The molecule has 0 spiro atoms. The number of ether oxygens (including phenoxy) is 1. The van der Waals surface area contributed by atoms with Gasteiger partial charge in [0.1, 0.15) is 12.6 Å². The molecule has 3 heterocycles. The minimum absolute atomic E-state index is 0.0257. The number of rotatable bonds is 2. The van der Waals surface area contributed by atoms with Gasteiger partial charge in [0.25, 0.3) is 5.91 Å². The lowest BCUT2D eigenvalue weighted by Gasteiger charge is -2.35. The first-order chi connectivity index (χ1) is 9.97. The van der Waals surface area contributed by atoms with Crippen LogP contribution in [0.25, 0.3) is 0 Å². The van der Waals surface area contributed by atoms with Crippen LogP contribution in [0.4, 0.5) is 4.79 Å². The van der Waals surface area contributed by atoms with Crippen molar-refractivity contribution < 1.29 is 19.1 Å².